The molecule has 0 unspecified atom stereocenters. The number of carbonyl (C=O) groups is 2. The molecular weight excluding hydrogens is 304 g/mol. The van der Waals surface area contributed by atoms with Gasteiger partial charge in [-0.1, -0.05) is 37.6 Å². The number of nitrogen functional groups attached to an aromatic ring is 2. The minimum absolute atomic E-state index is 0.137. The zero-order chi connectivity index (χ0) is 17.4. The van der Waals surface area contributed by atoms with E-state index < -0.39 is 0 Å². The fourth-order valence-corrected chi connectivity index (χ4v) is 3.28. The molecule has 0 amide bonds. The number of rotatable bonds is 4. The number of unbranched alkanes of at least 4 members (excludes halogenated alkanes) is 1. The summed E-state index contributed by atoms with van der Waals surface area (Å²) in [5.41, 5.74) is 14.8. The van der Waals surface area contributed by atoms with Crippen LogP contribution in [-0.2, 0) is 6.42 Å². The van der Waals surface area contributed by atoms with E-state index >= 15 is 0 Å². The number of hydrogen-bond donors (Lipinski definition) is 2. The van der Waals surface area contributed by atoms with E-state index in [4.69, 9.17) is 16.2 Å². The summed E-state index contributed by atoms with van der Waals surface area (Å²) < 4.78 is 5.32. The first-order valence-corrected chi connectivity index (χ1v) is 7.99. The Balaban J connectivity index is 2.36. The number of anilines is 2. The zero-order valence-corrected chi connectivity index (χ0v) is 13.8. The molecule has 2 aromatic carbocycles. The Bertz CT molecular complexity index is 856. The summed E-state index contributed by atoms with van der Waals surface area (Å²) in [6.07, 6.45) is 2.40. The van der Waals surface area contributed by atoms with Gasteiger partial charge >= 0.3 is 0 Å². The molecular formula is C19H20N2O3. The molecule has 0 bridgehead atoms. The topological polar surface area (TPSA) is 95.4 Å². The van der Waals surface area contributed by atoms with E-state index in [-0.39, 0.29) is 28.6 Å². The first-order chi connectivity index (χ1) is 11.5. The van der Waals surface area contributed by atoms with Crippen molar-refractivity contribution in [1.29, 1.82) is 0 Å². The van der Waals surface area contributed by atoms with Crippen LogP contribution in [0, 0.1) is 0 Å². The summed E-state index contributed by atoms with van der Waals surface area (Å²) in [4.78, 5) is 26.0. The van der Waals surface area contributed by atoms with E-state index in [1.165, 1.54) is 7.11 Å². The molecule has 0 spiro atoms. The van der Waals surface area contributed by atoms with Crippen molar-refractivity contribution in [3.05, 3.63) is 52.1 Å². The molecule has 0 saturated carbocycles. The number of benzene rings is 2. The highest BCUT2D eigenvalue weighted by atomic mass is 16.5. The van der Waals surface area contributed by atoms with Crippen LogP contribution in [0.25, 0.3) is 0 Å². The van der Waals surface area contributed by atoms with Crippen molar-refractivity contribution in [1.82, 2.24) is 0 Å². The van der Waals surface area contributed by atoms with Crippen LogP contribution in [-0.4, -0.2) is 18.7 Å². The van der Waals surface area contributed by atoms with E-state index in [2.05, 4.69) is 6.92 Å². The van der Waals surface area contributed by atoms with E-state index in [1.807, 2.05) is 0 Å². The number of methoxy groups -OCH3 is 1. The molecule has 0 fully saturated rings. The first-order valence-electron chi connectivity index (χ1n) is 7.99. The summed E-state index contributed by atoms with van der Waals surface area (Å²) in [5.74, 6) is -0.179. The highest BCUT2D eigenvalue weighted by molar-refractivity contribution is 6.31. The van der Waals surface area contributed by atoms with Gasteiger partial charge in [0.25, 0.3) is 0 Å². The number of ether oxygens (including phenoxy) is 1. The summed E-state index contributed by atoms with van der Waals surface area (Å²) in [7, 11) is 1.46. The predicted octanol–water partition coefficient (Wildman–Crippen LogP) is 2.98. The molecule has 24 heavy (non-hydrogen) atoms. The lowest BCUT2D eigenvalue weighted by Gasteiger charge is -2.25. The Kier molecular flexibility index (Phi) is 4.01. The summed E-state index contributed by atoms with van der Waals surface area (Å²) >= 11 is 0. The summed E-state index contributed by atoms with van der Waals surface area (Å²) in [5, 5.41) is 0. The normalized spacial score (nSPS) is 12.8. The molecule has 1 aliphatic carbocycles. The van der Waals surface area contributed by atoms with E-state index in [0.29, 0.717) is 34.4 Å². The van der Waals surface area contributed by atoms with Gasteiger partial charge in [0.1, 0.15) is 0 Å². The number of fused-ring (bicyclic) bond motifs is 2. The molecule has 0 aromatic heterocycles. The van der Waals surface area contributed by atoms with Crippen LogP contribution in [0.15, 0.2) is 24.3 Å². The molecule has 124 valence electrons. The van der Waals surface area contributed by atoms with Crippen LogP contribution in [0.1, 0.15) is 57.2 Å². The highest BCUT2D eigenvalue weighted by Crippen LogP contribution is 2.43. The maximum Gasteiger partial charge on any atom is 0.196 e. The van der Waals surface area contributed by atoms with Crippen molar-refractivity contribution in [3.63, 3.8) is 0 Å². The molecule has 1 aliphatic rings. The first kappa shape index (κ1) is 16.1. The Morgan fingerprint density at radius 3 is 2.08 bits per heavy atom. The van der Waals surface area contributed by atoms with Gasteiger partial charge in [-0.15, -0.1) is 0 Å². The fraction of sp³-hybridized carbons (Fsp3) is 0.263. The minimum Gasteiger partial charge on any atom is -0.492 e. The number of ketones is 2. The van der Waals surface area contributed by atoms with Crippen molar-refractivity contribution in [2.75, 3.05) is 18.6 Å². The van der Waals surface area contributed by atoms with Crippen LogP contribution < -0.4 is 16.2 Å². The molecule has 0 atom stereocenters. The fourth-order valence-electron chi connectivity index (χ4n) is 3.28. The maximum absolute atomic E-state index is 13.0. The van der Waals surface area contributed by atoms with Gasteiger partial charge in [0, 0.05) is 16.7 Å². The summed E-state index contributed by atoms with van der Waals surface area (Å²) in [6.45, 7) is 2.06. The molecule has 3 rings (SSSR count). The number of carbonyl (C=O) groups excluding carboxylic acids is 2. The molecule has 4 N–H and O–H groups in total. The predicted molar refractivity (Wildman–Crippen MR) is 93.7 cm³/mol. The lowest BCUT2D eigenvalue weighted by Crippen LogP contribution is -2.25. The highest BCUT2D eigenvalue weighted by Gasteiger charge is 2.36. The lowest BCUT2D eigenvalue weighted by atomic mass is 9.79. The third kappa shape index (κ3) is 2.16. The van der Waals surface area contributed by atoms with E-state index in [0.717, 1.165) is 12.8 Å². The number of hydrogen-bond acceptors (Lipinski definition) is 5. The van der Waals surface area contributed by atoms with Crippen molar-refractivity contribution in [3.8, 4) is 5.75 Å². The maximum atomic E-state index is 13.0. The summed E-state index contributed by atoms with van der Waals surface area (Å²) in [6, 6.07) is 6.79. The molecule has 2 aromatic rings. The monoisotopic (exact) mass is 324 g/mol. The molecule has 5 nitrogen and oxygen atoms in total. The van der Waals surface area contributed by atoms with Gasteiger partial charge in [-0.2, -0.15) is 0 Å². The van der Waals surface area contributed by atoms with Gasteiger partial charge in [0.05, 0.1) is 24.0 Å². The second kappa shape index (κ2) is 6.00. The van der Waals surface area contributed by atoms with Crippen molar-refractivity contribution < 1.29 is 14.3 Å². The molecule has 0 heterocycles. The van der Waals surface area contributed by atoms with Crippen molar-refractivity contribution in [2.45, 2.75) is 26.2 Å². The van der Waals surface area contributed by atoms with E-state index in [1.54, 1.807) is 24.3 Å². The smallest absolute Gasteiger partial charge is 0.196 e. The SMILES string of the molecule is CCCCc1c(N)c(OC)c(N)c2c1C(=O)c1ccccc1C2=O. The van der Waals surface area contributed by atoms with Crippen LogP contribution in [0.4, 0.5) is 11.4 Å². The molecule has 0 aliphatic heterocycles. The van der Waals surface area contributed by atoms with Gasteiger partial charge in [-0.05, 0) is 18.4 Å². The van der Waals surface area contributed by atoms with Crippen molar-refractivity contribution >= 4 is 22.9 Å². The standard InChI is InChI=1S/C19H20N2O3/c1-3-4-7-12-13-14(16(21)19(24-2)15(12)20)18(23)11-9-6-5-8-10(11)17(13)22/h5-6,8-9H,3-4,7,20-21H2,1-2H3. The van der Waals surface area contributed by atoms with Gasteiger partial charge < -0.3 is 16.2 Å². The second-order valence-electron chi connectivity index (χ2n) is 5.90. The van der Waals surface area contributed by atoms with Crippen LogP contribution in [0.2, 0.25) is 0 Å². The van der Waals surface area contributed by atoms with Gasteiger partial charge in [-0.25, -0.2) is 0 Å². The van der Waals surface area contributed by atoms with Gasteiger partial charge in [0.2, 0.25) is 0 Å². The van der Waals surface area contributed by atoms with E-state index in [9.17, 15) is 9.59 Å². The Morgan fingerprint density at radius 1 is 0.958 bits per heavy atom. The van der Waals surface area contributed by atoms with Crippen molar-refractivity contribution in [2.24, 2.45) is 0 Å². The Labute approximate surface area is 140 Å². The molecule has 0 saturated heterocycles. The van der Waals surface area contributed by atoms with Gasteiger partial charge in [-0.3, -0.25) is 9.59 Å². The minimum atomic E-state index is -0.256. The number of nitrogens with two attached hydrogens (primary N) is 2. The van der Waals surface area contributed by atoms with Crippen LogP contribution in [0.5, 0.6) is 5.75 Å². The Hall–Kier alpha value is -2.82. The van der Waals surface area contributed by atoms with Crippen LogP contribution in [0.3, 0.4) is 0 Å². The average Bonchev–Trinajstić information content (AvgIpc) is 2.59. The largest absolute Gasteiger partial charge is 0.492 e. The average molecular weight is 324 g/mol. The quantitative estimate of drug-likeness (QED) is 0.719. The van der Waals surface area contributed by atoms with Crippen LogP contribution >= 0.6 is 0 Å². The molecule has 5 heteroatoms. The Morgan fingerprint density at radius 2 is 1.54 bits per heavy atom. The third-order valence-electron chi connectivity index (χ3n) is 4.49. The lowest BCUT2D eigenvalue weighted by molar-refractivity contribution is 0.0978. The second-order valence-corrected chi connectivity index (χ2v) is 5.90. The third-order valence-corrected chi connectivity index (χ3v) is 4.49. The zero-order valence-electron chi connectivity index (χ0n) is 13.8. The molecule has 0 radical (unpaired) electrons. The van der Waals surface area contributed by atoms with Gasteiger partial charge in [0.15, 0.2) is 17.3 Å².